The van der Waals surface area contributed by atoms with E-state index in [-0.39, 0.29) is 23.9 Å². The summed E-state index contributed by atoms with van der Waals surface area (Å²) in [6.07, 6.45) is 8.06. The van der Waals surface area contributed by atoms with Gasteiger partial charge >= 0.3 is 0 Å². The molecule has 5 nitrogen and oxygen atoms in total. The highest BCUT2D eigenvalue weighted by atomic mass is 32.2. The fourth-order valence-corrected chi connectivity index (χ4v) is 6.15. The molecule has 1 heterocycles. The van der Waals surface area contributed by atoms with Crippen LogP contribution in [0.1, 0.15) is 64.4 Å². The van der Waals surface area contributed by atoms with Gasteiger partial charge in [-0.05, 0) is 68.7 Å². The Morgan fingerprint density at radius 2 is 1.81 bits per heavy atom. The summed E-state index contributed by atoms with van der Waals surface area (Å²) in [6.45, 7) is 4.17. The van der Waals surface area contributed by atoms with Gasteiger partial charge in [0.05, 0.1) is 4.90 Å². The van der Waals surface area contributed by atoms with E-state index in [1.807, 2.05) is 17.9 Å². The third-order valence-electron chi connectivity index (χ3n) is 6.69. The van der Waals surface area contributed by atoms with Crippen molar-refractivity contribution in [3.63, 3.8) is 0 Å². The fraction of sp³-hybridized carbons (Fsp3) is 0.667. The van der Waals surface area contributed by atoms with E-state index in [1.165, 1.54) is 6.42 Å². The van der Waals surface area contributed by atoms with E-state index in [1.54, 1.807) is 12.1 Å². The number of carbonyl (C=O) groups is 1. The third kappa shape index (κ3) is 3.54. The zero-order chi connectivity index (χ0) is 19.2. The van der Waals surface area contributed by atoms with Crippen molar-refractivity contribution in [2.75, 3.05) is 4.90 Å². The van der Waals surface area contributed by atoms with Crippen LogP contribution in [0.15, 0.2) is 23.1 Å². The van der Waals surface area contributed by atoms with Gasteiger partial charge in [-0.1, -0.05) is 26.2 Å². The monoisotopic (exact) mass is 390 g/mol. The quantitative estimate of drug-likeness (QED) is 0.854. The maximum absolute atomic E-state index is 12.9. The van der Waals surface area contributed by atoms with Crippen molar-refractivity contribution in [3.8, 4) is 0 Å². The van der Waals surface area contributed by atoms with Crippen molar-refractivity contribution in [1.82, 2.24) is 4.72 Å². The summed E-state index contributed by atoms with van der Waals surface area (Å²) in [5.41, 5.74) is 1.86. The molecule has 1 amide bonds. The molecule has 0 saturated heterocycles. The van der Waals surface area contributed by atoms with Crippen molar-refractivity contribution in [2.24, 2.45) is 11.8 Å². The van der Waals surface area contributed by atoms with Crippen LogP contribution in [0.3, 0.4) is 0 Å². The molecule has 1 N–H and O–H groups in total. The topological polar surface area (TPSA) is 66.5 Å². The lowest BCUT2D eigenvalue weighted by molar-refractivity contribution is -0.125. The Hall–Kier alpha value is -1.40. The van der Waals surface area contributed by atoms with Gasteiger partial charge in [0.25, 0.3) is 0 Å². The molecular formula is C21H30N2O3S. The van der Waals surface area contributed by atoms with Crippen LogP contribution in [0.5, 0.6) is 0 Å². The molecule has 4 rings (SSSR count). The lowest BCUT2D eigenvalue weighted by atomic mass is 9.84. The van der Waals surface area contributed by atoms with Gasteiger partial charge in [-0.15, -0.1) is 0 Å². The van der Waals surface area contributed by atoms with Crippen LogP contribution >= 0.6 is 0 Å². The summed E-state index contributed by atoms with van der Waals surface area (Å²) >= 11 is 0. The summed E-state index contributed by atoms with van der Waals surface area (Å²) in [5, 5.41) is 0. The minimum absolute atomic E-state index is 0.0209. The Labute approximate surface area is 162 Å². The molecule has 2 saturated carbocycles. The molecule has 27 heavy (non-hydrogen) atoms. The molecule has 0 radical (unpaired) electrons. The van der Waals surface area contributed by atoms with E-state index in [4.69, 9.17) is 0 Å². The van der Waals surface area contributed by atoms with Gasteiger partial charge in [0.1, 0.15) is 0 Å². The van der Waals surface area contributed by atoms with E-state index in [0.29, 0.717) is 10.8 Å². The number of carbonyl (C=O) groups excluding carboxylic acids is 1. The molecule has 0 unspecified atom stereocenters. The first kappa shape index (κ1) is 18.9. The van der Waals surface area contributed by atoms with Gasteiger partial charge in [-0.25, -0.2) is 13.1 Å². The summed E-state index contributed by atoms with van der Waals surface area (Å²) in [7, 11) is -3.53. The average Bonchev–Trinajstić information content (AvgIpc) is 2.90. The van der Waals surface area contributed by atoms with Crippen LogP contribution < -0.4 is 9.62 Å². The molecule has 1 aliphatic heterocycles. The molecule has 2 aliphatic carbocycles. The Morgan fingerprint density at radius 1 is 1.07 bits per heavy atom. The van der Waals surface area contributed by atoms with Gasteiger partial charge in [-0.3, -0.25) is 4.79 Å². The molecule has 0 aromatic heterocycles. The predicted octanol–water partition coefficient (Wildman–Crippen LogP) is 3.62. The molecule has 2 fully saturated rings. The molecule has 0 bridgehead atoms. The number of hydrogen-bond donors (Lipinski definition) is 1. The Balaban J connectivity index is 1.56. The summed E-state index contributed by atoms with van der Waals surface area (Å²) in [6, 6.07) is 5.38. The number of nitrogens with one attached hydrogen (secondary N) is 1. The summed E-state index contributed by atoms with van der Waals surface area (Å²) < 4.78 is 28.8. The van der Waals surface area contributed by atoms with Gasteiger partial charge in [0.2, 0.25) is 15.9 Å². The van der Waals surface area contributed by atoms with Crippen LogP contribution in [0, 0.1) is 11.8 Å². The largest absolute Gasteiger partial charge is 0.309 e. The highest BCUT2D eigenvalue weighted by Gasteiger charge is 2.37. The number of benzene rings is 1. The van der Waals surface area contributed by atoms with Crippen LogP contribution in [0.2, 0.25) is 0 Å². The zero-order valence-corrected chi connectivity index (χ0v) is 17.1. The second-order valence-electron chi connectivity index (χ2n) is 8.67. The molecule has 1 aromatic carbocycles. The van der Waals surface area contributed by atoms with Crippen LogP contribution in [-0.4, -0.2) is 26.4 Å². The maximum Gasteiger partial charge on any atom is 0.240 e. The first-order valence-corrected chi connectivity index (χ1v) is 11.8. The molecule has 148 valence electrons. The number of rotatable bonds is 4. The lowest BCUT2D eigenvalue weighted by Crippen LogP contribution is -2.42. The normalized spacial score (nSPS) is 28.7. The highest BCUT2D eigenvalue weighted by Crippen LogP contribution is 2.38. The Kier molecular flexibility index (Phi) is 5.06. The minimum atomic E-state index is -3.53. The SMILES string of the molecule is C[C@@H]1CCCC[C@@H]1NS(=O)(=O)c1ccc2c(c1)C[C@@H](C)N2C(=O)C1CCC1. The lowest BCUT2D eigenvalue weighted by Gasteiger charge is -2.32. The second kappa shape index (κ2) is 7.21. The first-order valence-electron chi connectivity index (χ1n) is 10.3. The number of fused-ring (bicyclic) bond motifs is 1. The third-order valence-corrected chi connectivity index (χ3v) is 8.17. The molecule has 6 heteroatoms. The van der Waals surface area contributed by atoms with Gasteiger partial charge < -0.3 is 4.90 Å². The van der Waals surface area contributed by atoms with Crippen molar-refractivity contribution in [3.05, 3.63) is 23.8 Å². The molecular weight excluding hydrogens is 360 g/mol. The standard InChI is InChI=1S/C21H30N2O3S/c1-14-6-3-4-9-19(14)22-27(25,26)18-10-11-20-17(13-18)12-15(2)23(20)21(24)16-7-5-8-16/h10-11,13-16,19,22H,3-9,12H2,1-2H3/t14-,15-,19+/m1/s1. The molecule has 1 aromatic rings. The number of hydrogen-bond acceptors (Lipinski definition) is 3. The molecule has 0 spiro atoms. The van der Waals surface area contributed by atoms with Crippen molar-refractivity contribution < 1.29 is 13.2 Å². The second-order valence-corrected chi connectivity index (χ2v) is 10.4. The Morgan fingerprint density at radius 3 is 2.48 bits per heavy atom. The number of anilines is 1. The van der Waals surface area contributed by atoms with Gasteiger partial charge in [0, 0.05) is 23.7 Å². The smallest absolute Gasteiger partial charge is 0.240 e. The van der Waals surface area contributed by atoms with Crippen molar-refractivity contribution in [2.45, 2.75) is 82.2 Å². The number of amides is 1. The first-order chi connectivity index (χ1) is 12.9. The number of sulfonamides is 1. The molecule has 3 atom stereocenters. The average molecular weight is 391 g/mol. The van der Waals surface area contributed by atoms with Gasteiger partial charge in [-0.2, -0.15) is 0 Å². The summed E-state index contributed by atoms with van der Waals surface area (Å²) in [4.78, 5) is 15.0. The highest BCUT2D eigenvalue weighted by molar-refractivity contribution is 7.89. The fourth-order valence-electron chi connectivity index (χ4n) is 4.72. The van der Waals surface area contributed by atoms with E-state index in [0.717, 1.165) is 56.2 Å². The minimum Gasteiger partial charge on any atom is -0.309 e. The molecule has 3 aliphatic rings. The van der Waals surface area contributed by atoms with E-state index >= 15 is 0 Å². The van der Waals surface area contributed by atoms with E-state index < -0.39 is 10.0 Å². The van der Waals surface area contributed by atoms with Gasteiger partial charge in [0.15, 0.2) is 0 Å². The van der Waals surface area contributed by atoms with Crippen molar-refractivity contribution >= 4 is 21.6 Å². The van der Waals surface area contributed by atoms with E-state index in [9.17, 15) is 13.2 Å². The Bertz CT molecular complexity index is 832. The van der Waals surface area contributed by atoms with Crippen LogP contribution in [-0.2, 0) is 21.2 Å². The van der Waals surface area contributed by atoms with Crippen molar-refractivity contribution in [1.29, 1.82) is 0 Å². The van der Waals surface area contributed by atoms with Crippen LogP contribution in [0.25, 0.3) is 0 Å². The summed E-state index contributed by atoms with van der Waals surface area (Å²) in [5.74, 6) is 0.729. The zero-order valence-electron chi connectivity index (χ0n) is 16.3. The van der Waals surface area contributed by atoms with Crippen LogP contribution in [0.4, 0.5) is 5.69 Å². The number of nitrogens with zero attached hydrogens (tertiary/aromatic N) is 1. The maximum atomic E-state index is 12.9. The predicted molar refractivity (Wildman–Crippen MR) is 106 cm³/mol. The van der Waals surface area contributed by atoms with E-state index in [2.05, 4.69) is 11.6 Å².